The number of fused-ring (bicyclic) bond motifs is 1. The Morgan fingerprint density at radius 2 is 2.07 bits per heavy atom. The molecule has 2 aliphatic rings. The maximum absolute atomic E-state index is 12.5. The van der Waals surface area contributed by atoms with Crippen molar-refractivity contribution in [2.45, 2.75) is 57.8 Å². The number of aliphatic hydroxyl groups excluding tert-OH is 1. The highest BCUT2D eigenvalue weighted by atomic mass is 16.6. The van der Waals surface area contributed by atoms with Gasteiger partial charge >= 0.3 is 11.9 Å². The van der Waals surface area contributed by atoms with Crippen LogP contribution in [0.5, 0.6) is 0 Å². The van der Waals surface area contributed by atoms with E-state index in [1.54, 1.807) is 24.3 Å². The molecule has 1 aliphatic heterocycles. The third-order valence-corrected chi connectivity index (χ3v) is 5.42. The molecule has 1 saturated heterocycles. The van der Waals surface area contributed by atoms with Crippen LogP contribution in [0.4, 0.5) is 0 Å². The lowest BCUT2D eigenvalue weighted by Gasteiger charge is -2.19. The molecule has 152 valence electrons. The molecule has 1 N–H and O–H groups in total. The van der Waals surface area contributed by atoms with Gasteiger partial charge in [0.15, 0.2) is 0 Å². The number of carbonyl (C=O) groups excluding carboxylic acids is 2. The normalized spacial score (nSPS) is 26.8. The molecule has 1 aromatic rings. The molecule has 1 heterocycles. The van der Waals surface area contributed by atoms with Crippen molar-refractivity contribution in [1.29, 1.82) is 0 Å². The molecule has 5 nitrogen and oxygen atoms in total. The maximum Gasteiger partial charge on any atom is 0.338 e. The van der Waals surface area contributed by atoms with Gasteiger partial charge in [0.25, 0.3) is 0 Å². The Labute approximate surface area is 171 Å². The van der Waals surface area contributed by atoms with Gasteiger partial charge in [-0.3, -0.25) is 4.79 Å². The van der Waals surface area contributed by atoms with E-state index in [-0.39, 0.29) is 36.2 Å². The number of carbonyl (C=O) groups is 2. The van der Waals surface area contributed by atoms with E-state index in [0.717, 1.165) is 6.42 Å². The summed E-state index contributed by atoms with van der Waals surface area (Å²) >= 11 is 0. The van der Waals surface area contributed by atoms with Crippen molar-refractivity contribution in [3.63, 3.8) is 0 Å². The van der Waals surface area contributed by atoms with Gasteiger partial charge in [-0.15, -0.1) is 11.8 Å². The predicted molar refractivity (Wildman–Crippen MR) is 107 cm³/mol. The fourth-order valence-corrected chi connectivity index (χ4v) is 3.76. The van der Waals surface area contributed by atoms with Crippen molar-refractivity contribution in [1.82, 2.24) is 0 Å². The Balaban J connectivity index is 1.72. The van der Waals surface area contributed by atoms with Gasteiger partial charge in [-0.05, 0) is 12.1 Å². The van der Waals surface area contributed by atoms with Crippen LogP contribution in [0.2, 0.25) is 0 Å². The summed E-state index contributed by atoms with van der Waals surface area (Å²) in [7, 11) is 0. The summed E-state index contributed by atoms with van der Waals surface area (Å²) in [6.45, 7) is 3.88. The topological polar surface area (TPSA) is 72.8 Å². The third kappa shape index (κ3) is 5.19. The predicted octanol–water partition coefficient (Wildman–Crippen LogP) is 2.97. The minimum atomic E-state index is -0.830. The first-order chi connectivity index (χ1) is 14.0. The first-order valence-electron chi connectivity index (χ1n) is 10.1. The highest BCUT2D eigenvalue weighted by Gasteiger charge is 2.51. The Bertz CT molecular complexity index is 854. The van der Waals surface area contributed by atoms with Gasteiger partial charge in [-0.1, -0.05) is 43.9 Å². The monoisotopic (exact) mass is 394 g/mol. The Hall–Kier alpha value is -2.76. The molecule has 2 fully saturated rings. The highest BCUT2D eigenvalue weighted by molar-refractivity contribution is 5.89. The van der Waals surface area contributed by atoms with Crippen LogP contribution in [0.15, 0.2) is 30.3 Å². The molecular formula is C24H26O5. The molecule has 0 amide bonds. The minimum Gasteiger partial charge on any atom is -0.462 e. The van der Waals surface area contributed by atoms with Gasteiger partial charge in [0, 0.05) is 31.1 Å². The van der Waals surface area contributed by atoms with Gasteiger partial charge in [-0.25, -0.2) is 4.79 Å². The summed E-state index contributed by atoms with van der Waals surface area (Å²) in [5, 5.41) is 10.4. The zero-order chi connectivity index (χ0) is 20.8. The second-order valence-electron chi connectivity index (χ2n) is 7.59. The zero-order valence-corrected chi connectivity index (χ0v) is 16.8. The second kappa shape index (κ2) is 9.63. The molecule has 1 saturated carbocycles. The largest absolute Gasteiger partial charge is 0.462 e. The fraction of sp³-hybridized carbons (Fsp3) is 0.500. The van der Waals surface area contributed by atoms with Gasteiger partial charge in [0.05, 0.1) is 17.9 Å². The van der Waals surface area contributed by atoms with E-state index >= 15 is 0 Å². The number of hydrogen-bond acceptors (Lipinski definition) is 5. The Morgan fingerprint density at radius 3 is 2.79 bits per heavy atom. The molecule has 3 rings (SSSR count). The molecule has 1 aliphatic carbocycles. The highest BCUT2D eigenvalue weighted by Crippen LogP contribution is 2.42. The van der Waals surface area contributed by atoms with Crippen molar-refractivity contribution in [3.05, 3.63) is 35.9 Å². The molecule has 0 aromatic heterocycles. The summed E-state index contributed by atoms with van der Waals surface area (Å²) in [5.74, 6) is 10.8. The van der Waals surface area contributed by atoms with E-state index in [2.05, 4.69) is 23.7 Å². The summed E-state index contributed by atoms with van der Waals surface area (Å²) in [6.07, 6.45) is 0.444. The summed E-state index contributed by atoms with van der Waals surface area (Å²) in [4.78, 5) is 24.2. The number of benzene rings is 1. The standard InChI is InChI=1S/C24H26O5/c1-3-4-6-9-16(2)20(25)13-12-18-19-14-23(26)28-22(19)15-21(18)29-24(27)17-10-7-5-8-11-17/h5,7-8,10-11,16,18-22,25H,3,9,14-15H2,1-2H3/t16-,18+,19+,20-,21+,22-/m0/s1. The van der Waals surface area contributed by atoms with Crippen molar-refractivity contribution >= 4 is 11.9 Å². The van der Waals surface area contributed by atoms with E-state index in [1.165, 1.54) is 0 Å². The van der Waals surface area contributed by atoms with Crippen LogP contribution >= 0.6 is 0 Å². The number of hydrogen-bond donors (Lipinski definition) is 1. The van der Waals surface area contributed by atoms with Gasteiger partial charge in [0.2, 0.25) is 0 Å². The van der Waals surface area contributed by atoms with E-state index < -0.39 is 18.2 Å². The van der Waals surface area contributed by atoms with Crippen molar-refractivity contribution in [3.8, 4) is 23.7 Å². The average Bonchev–Trinajstić information content (AvgIpc) is 3.22. The quantitative estimate of drug-likeness (QED) is 0.628. The van der Waals surface area contributed by atoms with Crippen LogP contribution in [0.1, 0.15) is 49.9 Å². The molecule has 0 radical (unpaired) electrons. The number of aliphatic hydroxyl groups is 1. The van der Waals surface area contributed by atoms with E-state index in [4.69, 9.17) is 9.47 Å². The number of ether oxygens (including phenoxy) is 2. The lowest BCUT2D eigenvalue weighted by atomic mass is 9.91. The van der Waals surface area contributed by atoms with Crippen LogP contribution in [0, 0.1) is 41.4 Å². The van der Waals surface area contributed by atoms with Crippen LogP contribution in [-0.2, 0) is 14.3 Å². The van der Waals surface area contributed by atoms with Crippen molar-refractivity contribution < 1.29 is 24.2 Å². The van der Waals surface area contributed by atoms with Crippen LogP contribution in [-0.4, -0.2) is 35.4 Å². The Kier molecular flexibility index (Phi) is 6.96. The van der Waals surface area contributed by atoms with Crippen LogP contribution in [0.3, 0.4) is 0 Å². The summed E-state index contributed by atoms with van der Waals surface area (Å²) in [6, 6.07) is 8.78. The summed E-state index contributed by atoms with van der Waals surface area (Å²) < 4.78 is 11.1. The van der Waals surface area contributed by atoms with Crippen molar-refractivity contribution in [2.75, 3.05) is 0 Å². The molecule has 6 atom stereocenters. The average molecular weight is 394 g/mol. The lowest BCUT2D eigenvalue weighted by molar-refractivity contribution is -0.141. The first kappa shape index (κ1) is 21.0. The SMILES string of the molecule is CCC#CC[C@H](C)[C@@H](O)C#C[C@@H]1[C@H]2CC(=O)O[C@H]2C[C@H]1OC(=O)c1ccccc1. The Morgan fingerprint density at radius 1 is 1.31 bits per heavy atom. The zero-order valence-electron chi connectivity index (χ0n) is 16.8. The molecule has 29 heavy (non-hydrogen) atoms. The molecule has 1 aromatic carbocycles. The number of rotatable bonds is 4. The molecular weight excluding hydrogens is 368 g/mol. The minimum absolute atomic E-state index is 0.0921. The van der Waals surface area contributed by atoms with Crippen LogP contribution < -0.4 is 0 Å². The van der Waals surface area contributed by atoms with Gasteiger partial charge in [-0.2, -0.15) is 0 Å². The smallest absolute Gasteiger partial charge is 0.338 e. The van der Waals surface area contributed by atoms with Crippen molar-refractivity contribution in [2.24, 2.45) is 17.8 Å². The molecule has 5 heteroatoms. The van der Waals surface area contributed by atoms with E-state index in [9.17, 15) is 14.7 Å². The second-order valence-corrected chi connectivity index (χ2v) is 7.59. The fourth-order valence-electron chi connectivity index (χ4n) is 3.76. The molecule has 0 spiro atoms. The third-order valence-electron chi connectivity index (χ3n) is 5.42. The van der Waals surface area contributed by atoms with E-state index in [0.29, 0.717) is 18.4 Å². The van der Waals surface area contributed by atoms with Gasteiger partial charge in [0.1, 0.15) is 18.3 Å². The maximum atomic E-state index is 12.5. The summed E-state index contributed by atoms with van der Waals surface area (Å²) in [5.41, 5.74) is 0.469. The van der Waals surface area contributed by atoms with Gasteiger partial charge < -0.3 is 14.6 Å². The van der Waals surface area contributed by atoms with Crippen LogP contribution in [0.25, 0.3) is 0 Å². The first-order valence-corrected chi connectivity index (χ1v) is 10.1. The molecule has 0 bridgehead atoms. The van der Waals surface area contributed by atoms with E-state index in [1.807, 2.05) is 19.9 Å². The lowest BCUT2D eigenvalue weighted by Crippen LogP contribution is -2.25. The molecule has 0 unspecified atom stereocenters. The number of esters is 2.